The van der Waals surface area contributed by atoms with Crippen LogP contribution < -0.4 is 0 Å². The van der Waals surface area contributed by atoms with E-state index in [2.05, 4.69) is 24.3 Å². The minimum absolute atomic E-state index is 0.173. The van der Waals surface area contributed by atoms with Crippen LogP contribution in [0.4, 0.5) is 0 Å². The monoisotopic (exact) mass is 236 g/mol. The molecule has 1 fully saturated rings. The first-order valence-corrected chi connectivity index (χ1v) is 6.48. The van der Waals surface area contributed by atoms with Crippen molar-refractivity contribution in [2.75, 3.05) is 5.88 Å². The third kappa shape index (κ3) is 2.65. The maximum atomic E-state index is 11.6. The van der Waals surface area contributed by atoms with Gasteiger partial charge in [-0.1, -0.05) is 36.8 Å². The molecule has 0 radical (unpaired) electrons. The SMILES string of the molecule is O=C(CCl)[C@@H]1CCC[C@@H](c2ccccc2)C1. The number of rotatable bonds is 3. The molecule has 0 amide bonds. The number of carbonyl (C=O) groups excluding carboxylic acids is 1. The minimum Gasteiger partial charge on any atom is -0.298 e. The summed E-state index contributed by atoms with van der Waals surface area (Å²) < 4.78 is 0. The zero-order chi connectivity index (χ0) is 11.4. The fraction of sp³-hybridized carbons (Fsp3) is 0.500. The Morgan fingerprint density at radius 1 is 1.25 bits per heavy atom. The number of alkyl halides is 1. The molecule has 0 spiro atoms. The van der Waals surface area contributed by atoms with Gasteiger partial charge in [0.05, 0.1) is 5.88 Å². The van der Waals surface area contributed by atoms with Crippen LogP contribution in [-0.4, -0.2) is 11.7 Å². The number of halogens is 1. The molecule has 0 aliphatic heterocycles. The molecule has 0 heterocycles. The quantitative estimate of drug-likeness (QED) is 0.731. The van der Waals surface area contributed by atoms with E-state index in [0.717, 1.165) is 19.3 Å². The molecule has 1 aliphatic rings. The minimum atomic E-state index is 0.173. The Balaban J connectivity index is 2.05. The van der Waals surface area contributed by atoms with Gasteiger partial charge in [0.15, 0.2) is 5.78 Å². The maximum absolute atomic E-state index is 11.6. The first-order valence-electron chi connectivity index (χ1n) is 5.95. The van der Waals surface area contributed by atoms with Crippen molar-refractivity contribution in [2.45, 2.75) is 31.6 Å². The molecule has 0 saturated heterocycles. The Morgan fingerprint density at radius 3 is 2.69 bits per heavy atom. The van der Waals surface area contributed by atoms with Crippen LogP contribution in [0.5, 0.6) is 0 Å². The van der Waals surface area contributed by atoms with E-state index in [1.165, 1.54) is 12.0 Å². The van der Waals surface area contributed by atoms with Crippen LogP contribution in [0.3, 0.4) is 0 Å². The van der Waals surface area contributed by atoms with Gasteiger partial charge in [-0.3, -0.25) is 4.79 Å². The molecule has 1 nitrogen and oxygen atoms in total. The van der Waals surface area contributed by atoms with Crippen LogP contribution in [0.15, 0.2) is 30.3 Å². The highest BCUT2D eigenvalue weighted by Crippen LogP contribution is 2.36. The van der Waals surface area contributed by atoms with E-state index in [1.54, 1.807) is 0 Å². The third-order valence-corrected chi connectivity index (χ3v) is 3.80. The average Bonchev–Trinajstić information content (AvgIpc) is 2.39. The Morgan fingerprint density at radius 2 is 2.00 bits per heavy atom. The highest BCUT2D eigenvalue weighted by atomic mass is 35.5. The molecule has 1 aromatic rings. The van der Waals surface area contributed by atoms with Crippen LogP contribution in [0, 0.1) is 5.92 Å². The van der Waals surface area contributed by atoms with Crippen molar-refractivity contribution in [1.29, 1.82) is 0 Å². The van der Waals surface area contributed by atoms with Crippen molar-refractivity contribution < 1.29 is 4.79 Å². The average molecular weight is 237 g/mol. The fourth-order valence-electron chi connectivity index (χ4n) is 2.62. The summed E-state index contributed by atoms with van der Waals surface area (Å²) in [6.07, 6.45) is 4.35. The molecule has 0 unspecified atom stereocenters. The van der Waals surface area contributed by atoms with E-state index in [1.807, 2.05) is 6.07 Å². The third-order valence-electron chi connectivity index (χ3n) is 3.53. The van der Waals surface area contributed by atoms with E-state index in [0.29, 0.717) is 5.92 Å². The largest absolute Gasteiger partial charge is 0.298 e. The second kappa shape index (κ2) is 5.49. The van der Waals surface area contributed by atoms with Gasteiger partial charge < -0.3 is 0 Å². The van der Waals surface area contributed by atoms with Gasteiger partial charge in [-0.15, -0.1) is 11.6 Å². The van der Waals surface area contributed by atoms with Crippen LogP contribution in [0.1, 0.15) is 37.2 Å². The summed E-state index contributed by atoms with van der Waals surface area (Å²) in [7, 11) is 0. The van der Waals surface area contributed by atoms with Gasteiger partial charge in [0.25, 0.3) is 0 Å². The number of benzene rings is 1. The lowest BCUT2D eigenvalue weighted by Gasteiger charge is -2.28. The zero-order valence-corrected chi connectivity index (χ0v) is 10.1. The highest BCUT2D eigenvalue weighted by molar-refractivity contribution is 6.27. The molecule has 1 aliphatic carbocycles. The summed E-state index contributed by atoms with van der Waals surface area (Å²) in [5, 5.41) is 0. The second-order valence-electron chi connectivity index (χ2n) is 4.57. The lowest BCUT2D eigenvalue weighted by atomic mass is 9.76. The number of carbonyl (C=O) groups is 1. The molecule has 16 heavy (non-hydrogen) atoms. The molecular formula is C14H17ClO. The van der Waals surface area contributed by atoms with E-state index >= 15 is 0 Å². The number of Topliss-reactive ketones (excluding diaryl/α,β-unsaturated/α-hetero) is 1. The summed E-state index contributed by atoms with van der Waals surface area (Å²) in [6, 6.07) is 10.5. The van der Waals surface area contributed by atoms with Crippen LogP contribution in [0.2, 0.25) is 0 Å². The molecule has 0 bridgehead atoms. The van der Waals surface area contributed by atoms with Crippen LogP contribution >= 0.6 is 11.6 Å². The molecule has 86 valence electrons. The maximum Gasteiger partial charge on any atom is 0.150 e. The number of ketones is 1. The van der Waals surface area contributed by atoms with E-state index in [9.17, 15) is 4.79 Å². The summed E-state index contributed by atoms with van der Waals surface area (Å²) in [6.45, 7) is 0. The predicted octanol–water partition coefficient (Wildman–Crippen LogP) is 3.77. The normalized spacial score (nSPS) is 25.3. The van der Waals surface area contributed by atoms with E-state index in [-0.39, 0.29) is 17.6 Å². The first kappa shape index (κ1) is 11.7. The van der Waals surface area contributed by atoms with Gasteiger partial charge in [0.2, 0.25) is 0 Å². The predicted molar refractivity (Wildman–Crippen MR) is 66.9 cm³/mol. The fourth-order valence-corrected chi connectivity index (χ4v) is 2.84. The standard InChI is InChI=1S/C14H17ClO/c15-10-14(16)13-8-4-7-12(9-13)11-5-2-1-3-6-11/h1-3,5-6,12-13H,4,7-10H2/t12-,13-/m1/s1. The Labute approximate surface area is 102 Å². The van der Waals surface area contributed by atoms with Gasteiger partial charge in [-0.25, -0.2) is 0 Å². The summed E-state index contributed by atoms with van der Waals surface area (Å²) in [4.78, 5) is 11.6. The molecular weight excluding hydrogens is 220 g/mol. The summed E-state index contributed by atoms with van der Waals surface area (Å²) >= 11 is 5.63. The van der Waals surface area contributed by atoms with Gasteiger partial charge >= 0.3 is 0 Å². The molecule has 2 rings (SSSR count). The summed E-state index contributed by atoms with van der Waals surface area (Å²) in [5.41, 5.74) is 1.37. The Hall–Kier alpha value is -0.820. The van der Waals surface area contributed by atoms with Crippen molar-refractivity contribution in [2.24, 2.45) is 5.92 Å². The van der Waals surface area contributed by atoms with Gasteiger partial charge in [-0.2, -0.15) is 0 Å². The zero-order valence-electron chi connectivity index (χ0n) is 9.36. The summed E-state index contributed by atoms with van der Waals surface area (Å²) in [5.74, 6) is 1.14. The molecule has 2 heteroatoms. The number of hydrogen-bond acceptors (Lipinski definition) is 1. The molecule has 1 saturated carbocycles. The van der Waals surface area contributed by atoms with Crippen molar-refractivity contribution in [3.8, 4) is 0 Å². The Kier molecular flexibility index (Phi) is 4.00. The van der Waals surface area contributed by atoms with Gasteiger partial charge in [0, 0.05) is 5.92 Å². The van der Waals surface area contributed by atoms with Gasteiger partial charge in [0.1, 0.15) is 0 Å². The smallest absolute Gasteiger partial charge is 0.150 e. The van der Waals surface area contributed by atoms with E-state index < -0.39 is 0 Å². The van der Waals surface area contributed by atoms with Crippen molar-refractivity contribution >= 4 is 17.4 Å². The van der Waals surface area contributed by atoms with Crippen molar-refractivity contribution in [3.05, 3.63) is 35.9 Å². The first-order chi connectivity index (χ1) is 7.81. The van der Waals surface area contributed by atoms with E-state index in [4.69, 9.17) is 11.6 Å². The molecule has 2 atom stereocenters. The molecule has 1 aromatic carbocycles. The second-order valence-corrected chi connectivity index (χ2v) is 4.84. The molecule has 0 N–H and O–H groups in total. The van der Waals surface area contributed by atoms with Crippen LogP contribution in [-0.2, 0) is 4.79 Å². The lowest BCUT2D eigenvalue weighted by Crippen LogP contribution is -2.22. The van der Waals surface area contributed by atoms with Crippen molar-refractivity contribution in [3.63, 3.8) is 0 Å². The Bertz CT molecular complexity index is 347. The topological polar surface area (TPSA) is 17.1 Å². The lowest BCUT2D eigenvalue weighted by molar-refractivity contribution is -0.121. The van der Waals surface area contributed by atoms with Crippen LogP contribution in [0.25, 0.3) is 0 Å². The molecule has 0 aromatic heterocycles. The van der Waals surface area contributed by atoms with Crippen molar-refractivity contribution in [1.82, 2.24) is 0 Å². The van der Waals surface area contributed by atoms with Gasteiger partial charge in [-0.05, 0) is 30.7 Å². The number of hydrogen-bond donors (Lipinski definition) is 0. The highest BCUT2D eigenvalue weighted by Gasteiger charge is 2.27.